The van der Waals surface area contributed by atoms with Crippen LogP contribution in [-0.2, 0) is 20.7 Å². The molecule has 1 aromatic heterocycles. The summed E-state index contributed by atoms with van der Waals surface area (Å²) in [4.78, 5) is 52.6. The van der Waals surface area contributed by atoms with Gasteiger partial charge < -0.3 is 19.5 Å². The van der Waals surface area contributed by atoms with Crippen LogP contribution < -0.4 is 20.9 Å². The van der Waals surface area contributed by atoms with Gasteiger partial charge in [0, 0.05) is 19.0 Å². The van der Waals surface area contributed by atoms with Gasteiger partial charge in [-0.05, 0) is 38.3 Å². The molecule has 3 fully saturated rings. The number of fused-ring (bicyclic) bond motifs is 5. The molecule has 178 valence electrons. The highest BCUT2D eigenvalue weighted by molar-refractivity contribution is 6.20. The highest BCUT2D eigenvalue weighted by Gasteiger charge is 2.63. The summed E-state index contributed by atoms with van der Waals surface area (Å²) in [6.07, 6.45) is 0.580. The Bertz CT molecular complexity index is 1270. The first-order valence-electron chi connectivity index (χ1n) is 11.2. The number of ether oxygens (including phenoxy) is 1. The second kappa shape index (κ2) is 6.98. The molecule has 1 spiro atoms. The zero-order valence-corrected chi connectivity index (χ0v) is 18.4. The molecule has 2 aromatic rings. The number of morpholine rings is 1. The van der Waals surface area contributed by atoms with Crippen LogP contribution in [0.25, 0.3) is 11.0 Å². The molecule has 1 aliphatic carbocycles. The van der Waals surface area contributed by atoms with Crippen molar-refractivity contribution in [2.75, 3.05) is 11.4 Å². The number of nitrogens with one attached hydrogen (secondary N) is 3. The van der Waals surface area contributed by atoms with Crippen molar-refractivity contribution in [3.05, 3.63) is 23.1 Å². The Morgan fingerprint density at radius 2 is 1.94 bits per heavy atom. The van der Waals surface area contributed by atoms with Crippen LogP contribution in [0.1, 0.15) is 42.7 Å². The smallest absolute Gasteiger partial charge is 0.328 e. The van der Waals surface area contributed by atoms with E-state index in [1.807, 2.05) is 6.92 Å². The Morgan fingerprint density at radius 1 is 1.24 bits per heavy atom. The third-order valence-corrected chi connectivity index (χ3v) is 7.09. The predicted molar refractivity (Wildman–Crippen MR) is 113 cm³/mol. The molecule has 0 bridgehead atoms. The molecule has 1 aromatic carbocycles. The van der Waals surface area contributed by atoms with E-state index in [9.17, 15) is 19.2 Å². The van der Waals surface area contributed by atoms with Crippen LogP contribution in [0.3, 0.4) is 0 Å². The Balaban J connectivity index is 1.55. The van der Waals surface area contributed by atoms with Crippen molar-refractivity contribution in [2.45, 2.75) is 57.4 Å². The molecular formula is C22H22FN5O6. The maximum atomic E-state index is 15.9. The molecule has 1 saturated carbocycles. The van der Waals surface area contributed by atoms with E-state index in [1.165, 1.54) is 0 Å². The molecule has 2 saturated heterocycles. The van der Waals surface area contributed by atoms with Crippen molar-refractivity contribution in [1.82, 2.24) is 21.1 Å². The van der Waals surface area contributed by atoms with Crippen LogP contribution in [0.2, 0.25) is 0 Å². The van der Waals surface area contributed by atoms with Crippen LogP contribution >= 0.6 is 0 Å². The summed E-state index contributed by atoms with van der Waals surface area (Å²) in [5, 5.41) is 11.2. The highest BCUT2D eigenvalue weighted by Crippen LogP contribution is 2.49. The third-order valence-electron chi connectivity index (χ3n) is 7.09. The first kappa shape index (κ1) is 21.0. The summed E-state index contributed by atoms with van der Waals surface area (Å²) >= 11 is 0. The molecular weight excluding hydrogens is 449 g/mol. The van der Waals surface area contributed by atoms with Gasteiger partial charge in [0.1, 0.15) is 0 Å². The van der Waals surface area contributed by atoms with Gasteiger partial charge in [-0.25, -0.2) is 9.18 Å². The summed E-state index contributed by atoms with van der Waals surface area (Å²) in [6, 6.07) is -0.173. The molecule has 4 aliphatic rings. The van der Waals surface area contributed by atoms with Crippen LogP contribution in [-0.4, -0.2) is 59.7 Å². The Morgan fingerprint density at radius 3 is 2.62 bits per heavy atom. The Kier molecular flexibility index (Phi) is 4.32. The maximum Gasteiger partial charge on any atom is 0.328 e. The minimum atomic E-state index is -1.74. The Labute approximate surface area is 192 Å². The molecule has 11 nitrogen and oxygen atoms in total. The number of carbonyl (C=O) groups excluding carboxylic acids is 4. The van der Waals surface area contributed by atoms with Gasteiger partial charge in [0.05, 0.1) is 29.3 Å². The standard InChI is InChI=1S/C22H22FN5O6/c1-8-7-28-15-10(5-12-14(18(29)24-11-3-4-11)27-34-16(12)13(15)23)6-22(17(28)9(2)33-8)19(30)25-21(32)26-20(22)31/h5,8-9,11,17H,3-4,6-7H2,1-2H3,(H,24,29)(H2,25,26,30,31,32)/t8-,9+,17-/m0/s1. The number of amides is 5. The van der Waals surface area contributed by atoms with Crippen molar-refractivity contribution in [1.29, 1.82) is 0 Å². The van der Waals surface area contributed by atoms with Crippen LogP contribution in [0.15, 0.2) is 10.6 Å². The fourth-order valence-corrected chi connectivity index (χ4v) is 5.59. The molecule has 4 heterocycles. The van der Waals surface area contributed by atoms with Crippen molar-refractivity contribution in [2.24, 2.45) is 5.41 Å². The molecule has 3 aliphatic heterocycles. The van der Waals surface area contributed by atoms with E-state index < -0.39 is 47.1 Å². The number of carbonyl (C=O) groups is 4. The lowest BCUT2D eigenvalue weighted by Crippen LogP contribution is -2.75. The summed E-state index contributed by atoms with van der Waals surface area (Å²) in [7, 11) is 0. The number of imide groups is 2. The van der Waals surface area contributed by atoms with Gasteiger partial charge in [-0.2, -0.15) is 0 Å². The van der Waals surface area contributed by atoms with Crippen molar-refractivity contribution >= 4 is 40.4 Å². The zero-order valence-electron chi connectivity index (χ0n) is 18.4. The molecule has 3 N–H and O–H groups in total. The van der Waals surface area contributed by atoms with E-state index in [4.69, 9.17) is 9.26 Å². The normalized spacial score (nSPS) is 27.8. The van der Waals surface area contributed by atoms with Gasteiger partial charge in [0.2, 0.25) is 17.4 Å². The van der Waals surface area contributed by atoms with Gasteiger partial charge in [0.25, 0.3) is 5.91 Å². The first-order valence-corrected chi connectivity index (χ1v) is 11.2. The Hall–Kier alpha value is -3.54. The van der Waals surface area contributed by atoms with Crippen LogP contribution in [0, 0.1) is 11.2 Å². The van der Waals surface area contributed by atoms with E-state index in [0.29, 0.717) is 5.56 Å². The lowest BCUT2D eigenvalue weighted by Gasteiger charge is -2.55. The molecule has 0 unspecified atom stereocenters. The number of halogens is 1. The number of anilines is 1. The maximum absolute atomic E-state index is 15.9. The zero-order chi connectivity index (χ0) is 23.9. The van der Waals surface area contributed by atoms with Gasteiger partial charge in [-0.15, -0.1) is 0 Å². The third kappa shape index (κ3) is 2.81. The largest absolute Gasteiger partial charge is 0.372 e. The fourth-order valence-electron chi connectivity index (χ4n) is 5.59. The number of rotatable bonds is 2. The first-order chi connectivity index (χ1) is 16.2. The number of aromatic nitrogens is 1. The number of urea groups is 1. The summed E-state index contributed by atoms with van der Waals surface area (Å²) in [5.41, 5.74) is -1.46. The van der Waals surface area contributed by atoms with Gasteiger partial charge in [0.15, 0.2) is 16.9 Å². The highest BCUT2D eigenvalue weighted by atomic mass is 19.1. The minimum absolute atomic E-state index is 0.0591. The molecule has 0 radical (unpaired) electrons. The van der Waals surface area contributed by atoms with Crippen LogP contribution in [0.4, 0.5) is 14.9 Å². The monoisotopic (exact) mass is 471 g/mol. The van der Waals surface area contributed by atoms with E-state index >= 15 is 4.39 Å². The van der Waals surface area contributed by atoms with E-state index in [0.717, 1.165) is 12.8 Å². The fraction of sp³-hybridized carbons (Fsp3) is 0.500. The lowest BCUT2D eigenvalue weighted by molar-refractivity contribution is -0.153. The van der Waals surface area contributed by atoms with Gasteiger partial charge in [-0.1, -0.05) is 5.16 Å². The SMILES string of the molecule is C[C@H]1CN2c3c(cc4c(C(=O)NC5CC5)noc4c3F)CC3(C(=O)NC(=O)NC3=O)[C@@H]2[C@@H](C)O1. The second-order valence-electron chi connectivity index (χ2n) is 9.49. The van der Waals surface area contributed by atoms with E-state index in [-0.39, 0.29) is 47.5 Å². The average Bonchev–Trinajstić information content (AvgIpc) is 3.46. The van der Waals surface area contributed by atoms with E-state index in [1.54, 1.807) is 17.9 Å². The van der Waals surface area contributed by atoms with Gasteiger partial charge in [-0.3, -0.25) is 25.0 Å². The molecule has 5 amide bonds. The number of barbiturate groups is 1. The lowest BCUT2D eigenvalue weighted by atomic mass is 9.66. The summed E-state index contributed by atoms with van der Waals surface area (Å²) in [6.45, 7) is 3.72. The summed E-state index contributed by atoms with van der Waals surface area (Å²) in [5.74, 6) is -2.75. The van der Waals surface area contributed by atoms with Crippen molar-refractivity contribution in [3.8, 4) is 0 Å². The second-order valence-corrected chi connectivity index (χ2v) is 9.49. The number of benzene rings is 1. The summed E-state index contributed by atoms with van der Waals surface area (Å²) < 4.78 is 27.1. The molecule has 6 rings (SSSR count). The van der Waals surface area contributed by atoms with Crippen LogP contribution in [0.5, 0.6) is 0 Å². The quantitative estimate of drug-likeness (QED) is 0.545. The van der Waals surface area contributed by atoms with E-state index in [2.05, 4.69) is 21.1 Å². The predicted octanol–water partition coefficient (Wildman–Crippen LogP) is 0.750. The average molecular weight is 471 g/mol. The van der Waals surface area contributed by atoms with Gasteiger partial charge >= 0.3 is 6.03 Å². The number of hydrogen-bond donors (Lipinski definition) is 3. The van der Waals surface area contributed by atoms with Crippen molar-refractivity contribution in [3.63, 3.8) is 0 Å². The number of nitrogens with zero attached hydrogens (tertiary/aromatic N) is 2. The topological polar surface area (TPSA) is 143 Å². The molecule has 34 heavy (non-hydrogen) atoms. The van der Waals surface area contributed by atoms with Crippen molar-refractivity contribution < 1.29 is 32.8 Å². The molecule has 12 heteroatoms. The minimum Gasteiger partial charge on any atom is -0.372 e. The number of hydrogen-bond acceptors (Lipinski definition) is 8. The molecule has 3 atom stereocenters.